The average molecular weight is 346 g/mol. The molecule has 0 saturated heterocycles. The van der Waals surface area contributed by atoms with E-state index in [1.165, 1.54) is 0 Å². The molecule has 0 spiro atoms. The molecule has 0 aliphatic rings. The second kappa shape index (κ2) is 11.2. The Labute approximate surface area is 145 Å². The molecule has 0 unspecified atom stereocenters. The van der Waals surface area contributed by atoms with Crippen LogP contribution >= 0.6 is 0 Å². The van der Waals surface area contributed by atoms with Gasteiger partial charge in [0.05, 0.1) is 0 Å². The van der Waals surface area contributed by atoms with Crippen molar-refractivity contribution < 1.29 is 14.0 Å². The second-order valence-electron chi connectivity index (χ2n) is 7.89. The van der Waals surface area contributed by atoms with Crippen LogP contribution in [-0.2, 0) is 14.0 Å². The van der Waals surface area contributed by atoms with E-state index in [4.69, 9.17) is 9.16 Å². The van der Waals surface area contributed by atoms with Gasteiger partial charge in [-0.05, 0) is 43.8 Å². The summed E-state index contributed by atoms with van der Waals surface area (Å²) in [5.74, 6) is 0.0831. The van der Waals surface area contributed by atoms with Crippen LogP contribution in [0.1, 0.15) is 59.8 Å². The molecule has 0 heterocycles. The molecular formula is C18H39NO3Si. The Morgan fingerprint density at radius 3 is 2.22 bits per heavy atom. The van der Waals surface area contributed by atoms with Gasteiger partial charge in [0.1, 0.15) is 6.61 Å². The minimum atomic E-state index is -1.60. The normalized spacial score (nSPS) is 12.5. The van der Waals surface area contributed by atoms with Gasteiger partial charge in [0.25, 0.3) is 0 Å². The number of amides is 1. The van der Waals surface area contributed by atoms with E-state index in [1.54, 1.807) is 4.90 Å². The van der Waals surface area contributed by atoms with Crippen LogP contribution < -0.4 is 0 Å². The van der Waals surface area contributed by atoms with Gasteiger partial charge in [-0.2, -0.15) is 0 Å². The Bertz CT molecular complexity index is 327. The monoisotopic (exact) mass is 345 g/mol. The molecule has 4 nitrogen and oxygen atoms in total. The lowest BCUT2D eigenvalue weighted by atomic mass is 10.2. The van der Waals surface area contributed by atoms with Gasteiger partial charge < -0.3 is 14.1 Å². The van der Waals surface area contributed by atoms with Crippen LogP contribution in [0.5, 0.6) is 0 Å². The molecule has 0 atom stereocenters. The number of ether oxygens (including phenoxy) is 1. The van der Waals surface area contributed by atoms with Gasteiger partial charge in [-0.3, -0.25) is 4.79 Å². The molecule has 0 N–H and O–H groups in total. The molecule has 0 aliphatic carbocycles. The Morgan fingerprint density at radius 1 is 1.04 bits per heavy atom. The van der Waals surface area contributed by atoms with E-state index in [1.807, 2.05) is 7.05 Å². The predicted octanol–water partition coefficient (Wildman–Crippen LogP) is 4.45. The fraction of sp³-hybridized carbons (Fsp3) is 0.944. The average Bonchev–Trinajstić information content (AvgIpc) is 2.45. The van der Waals surface area contributed by atoms with E-state index in [0.717, 1.165) is 45.3 Å². The molecule has 0 saturated carbocycles. The number of nitrogens with zero attached hydrogens (tertiary/aromatic N) is 1. The molecule has 0 fully saturated rings. The van der Waals surface area contributed by atoms with Crippen molar-refractivity contribution in [2.24, 2.45) is 0 Å². The summed E-state index contributed by atoms with van der Waals surface area (Å²) in [6, 6.07) is 0. The maximum absolute atomic E-state index is 11.8. The Balaban J connectivity index is 3.59. The summed E-state index contributed by atoms with van der Waals surface area (Å²) in [7, 11) is 0.246. The SMILES string of the molecule is CCCCN(C)C(=O)COCCCCCO[Si](C)(C)C(C)(C)C. The van der Waals surface area contributed by atoms with Gasteiger partial charge in [0.15, 0.2) is 8.32 Å². The van der Waals surface area contributed by atoms with Crippen LogP contribution in [0.3, 0.4) is 0 Å². The lowest BCUT2D eigenvalue weighted by molar-refractivity contribution is -0.134. The van der Waals surface area contributed by atoms with Gasteiger partial charge >= 0.3 is 0 Å². The van der Waals surface area contributed by atoms with Crippen molar-refractivity contribution in [2.75, 3.05) is 33.4 Å². The van der Waals surface area contributed by atoms with Crippen molar-refractivity contribution in [2.45, 2.75) is 77.9 Å². The summed E-state index contributed by atoms with van der Waals surface area (Å²) in [5, 5.41) is 0.278. The van der Waals surface area contributed by atoms with Crippen molar-refractivity contribution in [3.63, 3.8) is 0 Å². The molecule has 0 aliphatic heterocycles. The summed E-state index contributed by atoms with van der Waals surface area (Å²) >= 11 is 0. The lowest BCUT2D eigenvalue weighted by Crippen LogP contribution is -2.40. The third-order valence-corrected chi connectivity index (χ3v) is 9.24. The van der Waals surface area contributed by atoms with Gasteiger partial charge in [-0.1, -0.05) is 34.1 Å². The number of unbranched alkanes of at least 4 members (excludes halogenated alkanes) is 3. The van der Waals surface area contributed by atoms with Gasteiger partial charge in [0.2, 0.25) is 5.91 Å². The molecule has 0 rings (SSSR count). The van der Waals surface area contributed by atoms with Gasteiger partial charge in [0, 0.05) is 26.8 Å². The van der Waals surface area contributed by atoms with Crippen molar-refractivity contribution in [1.82, 2.24) is 4.90 Å². The number of carbonyl (C=O) groups excluding carboxylic acids is 1. The van der Waals surface area contributed by atoms with E-state index < -0.39 is 8.32 Å². The minimum Gasteiger partial charge on any atom is -0.417 e. The first-order chi connectivity index (χ1) is 10.6. The van der Waals surface area contributed by atoms with Crippen molar-refractivity contribution >= 4 is 14.2 Å². The number of hydrogen-bond acceptors (Lipinski definition) is 3. The molecule has 0 aromatic rings. The van der Waals surface area contributed by atoms with Crippen LogP contribution in [0, 0.1) is 0 Å². The highest BCUT2D eigenvalue weighted by Crippen LogP contribution is 2.36. The summed E-state index contributed by atoms with van der Waals surface area (Å²) in [6.45, 7) is 16.0. The molecular weight excluding hydrogens is 306 g/mol. The first kappa shape index (κ1) is 22.6. The zero-order valence-corrected chi connectivity index (χ0v) is 17.5. The van der Waals surface area contributed by atoms with Crippen LogP contribution in [0.4, 0.5) is 0 Å². The maximum atomic E-state index is 11.8. The summed E-state index contributed by atoms with van der Waals surface area (Å²) in [4.78, 5) is 13.5. The first-order valence-corrected chi connectivity index (χ1v) is 12.0. The third-order valence-electron chi connectivity index (χ3n) is 4.70. The van der Waals surface area contributed by atoms with E-state index in [-0.39, 0.29) is 17.6 Å². The lowest BCUT2D eigenvalue weighted by Gasteiger charge is -2.36. The molecule has 0 aromatic heterocycles. The molecule has 23 heavy (non-hydrogen) atoms. The second-order valence-corrected chi connectivity index (χ2v) is 12.7. The Morgan fingerprint density at radius 2 is 1.65 bits per heavy atom. The zero-order valence-electron chi connectivity index (χ0n) is 16.5. The molecule has 0 bridgehead atoms. The maximum Gasteiger partial charge on any atom is 0.248 e. The quantitative estimate of drug-likeness (QED) is 0.387. The number of likely N-dealkylation sites (N-methyl/N-ethyl adjacent to an activating group) is 1. The Kier molecular flexibility index (Phi) is 11.0. The molecule has 0 radical (unpaired) electrons. The highest BCUT2D eigenvalue weighted by molar-refractivity contribution is 6.74. The van der Waals surface area contributed by atoms with Crippen LogP contribution in [0.15, 0.2) is 0 Å². The summed E-state index contributed by atoms with van der Waals surface area (Å²) in [5.41, 5.74) is 0. The zero-order chi connectivity index (χ0) is 17.9. The first-order valence-electron chi connectivity index (χ1n) is 9.07. The van der Waals surface area contributed by atoms with E-state index in [2.05, 4.69) is 40.8 Å². The van der Waals surface area contributed by atoms with Crippen molar-refractivity contribution in [3.8, 4) is 0 Å². The van der Waals surface area contributed by atoms with Crippen LogP contribution in [0.2, 0.25) is 18.1 Å². The van der Waals surface area contributed by atoms with E-state index >= 15 is 0 Å². The van der Waals surface area contributed by atoms with Crippen LogP contribution in [0.25, 0.3) is 0 Å². The molecule has 5 heteroatoms. The number of rotatable bonds is 12. The predicted molar refractivity (Wildman–Crippen MR) is 100 cm³/mol. The third kappa shape index (κ3) is 10.2. The van der Waals surface area contributed by atoms with Gasteiger partial charge in [-0.25, -0.2) is 0 Å². The largest absolute Gasteiger partial charge is 0.417 e. The Hall–Kier alpha value is -0.393. The molecule has 138 valence electrons. The number of carbonyl (C=O) groups is 1. The fourth-order valence-corrected chi connectivity index (χ4v) is 2.90. The van der Waals surface area contributed by atoms with Gasteiger partial charge in [-0.15, -0.1) is 0 Å². The summed E-state index contributed by atoms with van der Waals surface area (Å²) < 4.78 is 11.6. The van der Waals surface area contributed by atoms with E-state index in [0.29, 0.717) is 6.61 Å². The van der Waals surface area contributed by atoms with Crippen LogP contribution in [-0.4, -0.2) is 52.5 Å². The highest BCUT2D eigenvalue weighted by Gasteiger charge is 2.36. The van der Waals surface area contributed by atoms with Crippen molar-refractivity contribution in [3.05, 3.63) is 0 Å². The summed E-state index contributed by atoms with van der Waals surface area (Å²) in [6.07, 6.45) is 5.31. The topological polar surface area (TPSA) is 38.8 Å². The molecule has 1 amide bonds. The van der Waals surface area contributed by atoms with Crippen molar-refractivity contribution in [1.29, 1.82) is 0 Å². The minimum absolute atomic E-state index is 0.0831. The fourth-order valence-electron chi connectivity index (χ4n) is 1.82. The molecule has 0 aromatic carbocycles. The standard InChI is InChI=1S/C18H39NO3Si/c1-8-9-13-19(5)17(20)16-21-14-11-10-12-15-22-23(6,7)18(2,3)4/h8-16H2,1-7H3. The van der Waals surface area contributed by atoms with E-state index in [9.17, 15) is 4.79 Å². The highest BCUT2D eigenvalue weighted by atomic mass is 28.4. The smallest absolute Gasteiger partial charge is 0.248 e. The number of hydrogen-bond donors (Lipinski definition) is 0.